The Bertz CT molecular complexity index is 535. The van der Waals surface area contributed by atoms with Gasteiger partial charge in [-0.2, -0.15) is 0 Å². The number of amides is 2. The summed E-state index contributed by atoms with van der Waals surface area (Å²) in [5, 5.41) is 12.0. The maximum absolute atomic E-state index is 12.1. The predicted octanol–water partition coefficient (Wildman–Crippen LogP) is 3.63. The smallest absolute Gasteiger partial charge is 0.321 e. The number of aliphatic hydroxyl groups excluding tert-OH is 1. The fourth-order valence-corrected chi connectivity index (χ4v) is 3.02. The summed E-state index contributed by atoms with van der Waals surface area (Å²) in [6.45, 7) is 4.60. The second-order valence-corrected chi connectivity index (χ2v) is 6.98. The van der Waals surface area contributed by atoms with Crippen molar-refractivity contribution in [2.24, 2.45) is 5.92 Å². The number of carbonyl (C=O) groups excluding carboxylic acids is 1. The molecule has 24 heavy (non-hydrogen) atoms. The van der Waals surface area contributed by atoms with Crippen molar-refractivity contribution < 1.29 is 14.6 Å². The standard InChI is InChI=1S/C19H30N2O3/c1-14-6-4-9-18(10-14)24-13-16-7-5-8-17(11-16)20-19(23)21(3)15(2)12-22/h5,7-8,11,14-15,18,22H,4,6,9-10,12-13H2,1-3H3,(H,20,23). The number of anilines is 1. The lowest BCUT2D eigenvalue weighted by Gasteiger charge is -2.27. The minimum atomic E-state index is -0.226. The number of rotatable bonds is 6. The largest absolute Gasteiger partial charge is 0.394 e. The van der Waals surface area contributed by atoms with Crippen LogP contribution in [0.4, 0.5) is 10.5 Å². The van der Waals surface area contributed by atoms with Crippen molar-refractivity contribution in [1.29, 1.82) is 0 Å². The highest BCUT2D eigenvalue weighted by Crippen LogP contribution is 2.26. The van der Waals surface area contributed by atoms with Gasteiger partial charge in [-0.15, -0.1) is 0 Å². The summed E-state index contributed by atoms with van der Waals surface area (Å²) in [6.07, 6.45) is 5.19. The third kappa shape index (κ3) is 5.49. The lowest BCUT2D eigenvalue weighted by molar-refractivity contribution is 0.00468. The first-order chi connectivity index (χ1) is 11.5. The number of hydrogen-bond donors (Lipinski definition) is 2. The Balaban J connectivity index is 1.88. The summed E-state index contributed by atoms with van der Waals surface area (Å²) in [5.74, 6) is 0.749. The first-order valence-corrected chi connectivity index (χ1v) is 8.84. The number of hydrogen-bond acceptors (Lipinski definition) is 3. The molecule has 3 atom stereocenters. The van der Waals surface area contributed by atoms with E-state index in [4.69, 9.17) is 9.84 Å². The van der Waals surface area contributed by atoms with E-state index in [-0.39, 0.29) is 18.7 Å². The molecule has 1 aliphatic carbocycles. The Morgan fingerprint density at radius 1 is 1.46 bits per heavy atom. The van der Waals surface area contributed by atoms with Crippen molar-refractivity contribution in [3.63, 3.8) is 0 Å². The lowest BCUT2D eigenvalue weighted by atomic mass is 9.89. The third-order valence-corrected chi connectivity index (χ3v) is 4.80. The Morgan fingerprint density at radius 3 is 2.96 bits per heavy atom. The van der Waals surface area contributed by atoms with Gasteiger partial charge in [0.15, 0.2) is 0 Å². The van der Waals surface area contributed by atoms with Crippen LogP contribution < -0.4 is 5.32 Å². The average molecular weight is 334 g/mol. The van der Waals surface area contributed by atoms with E-state index in [1.165, 1.54) is 17.7 Å². The molecule has 2 rings (SSSR count). The van der Waals surface area contributed by atoms with Gasteiger partial charge in [0.05, 0.1) is 25.4 Å². The van der Waals surface area contributed by atoms with Crippen LogP contribution in [0.3, 0.4) is 0 Å². The number of ether oxygens (including phenoxy) is 1. The van der Waals surface area contributed by atoms with Crippen molar-refractivity contribution in [1.82, 2.24) is 4.90 Å². The van der Waals surface area contributed by atoms with Gasteiger partial charge in [0.1, 0.15) is 0 Å². The Morgan fingerprint density at radius 2 is 2.25 bits per heavy atom. The van der Waals surface area contributed by atoms with Gasteiger partial charge in [-0.05, 0) is 43.4 Å². The van der Waals surface area contributed by atoms with Crippen LogP contribution in [-0.4, -0.2) is 41.8 Å². The van der Waals surface area contributed by atoms with Crippen molar-refractivity contribution in [3.05, 3.63) is 29.8 Å². The number of benzene rings is 1. The van der Waals surface area contributed by atoms with E-state index < -0.39 is 0 Å². The first-order valence-electron chi connectivity index (χ1n) is 8.84. The minimum Gasteiger partial charge on any atom is -0.394 e. The molecule has 0 heterocycles. The van der Waals surface area contributed by atoms with Gasteiger partial charge >= 0.3 is 6.03 Å². The molecule has 0 aliphatic heterocycles. The zero-order valence-corrected chi connectivity index (χ0v) is 15.0. The molecule has 5 heteroatoms. The van der Waals surface area contributed by atoms with Crippen LogP contribution in [0.1, 0.15) is 45.1 Å². The van der Waals surface area contributed by atoms with Crippen LogP contribution in [0, 0.1) is 5.92 Å². The zero-order chi connectivity index (χ0) is 17.5. The van der Waals surface area contributed by atoms with Crippen LogP contribution in [0.5, 0.6) is 0 Å². The zero-order valence-electron chi connectivity index (χ0n) is 15.0. The molecule has 0 spiro atoms. The van der Waals surface area contributed by atoms with E-state index in [1.807, 2.05) is 24.3 Å². The molecule has 0 aromatic heterocycles. The average Bonchev–Trinajstić information content (AvgIpc) is 2.59. The molecular formula is C19H30N2O3. The van der Waals surface area contributed by atoms with Crippen LogP contribution in [-0.2, 0) is 11.3 Å². The lowest BCUT2D eigenvalue weighted by Crippen LogP contribution is -2.40. The van der Waals surface area contributed by atoms with Crippen LogP contribution >= 0.6 is 0 Å². The van der Waals surface area contributed by atoms with E-state index in [0.717, 1.165) is 30.0 Å². The highest BCUT2D eigenvalue weighted by molar-refractivity contribution is 5.89. The maximum Gasteiger partial charge on any atom is 0.321 e. The van der Waals surface area contributed by atoms with Gasteiger partial charge in [0, 0.05) is 12.7 Å². The van der Waals surface area contributed by atoms with Crippen molar-refractivity contribution in [3.8, 4) is 0 Å². The summed E-state index contributed by atoms with van der Waals surface area (Å²) >= 11 is 0. The van der Waals surface area contributed by atoms with Gasteiger partial charge in [-0.3, -0.25) is 0 Å². The Kier molecular flexibility index (Phi) is 7.06. The van der Waals surface area contributed by atoms with Gasteiger partial charge in [0.25, 0.3) is 0 Å². The van der Waals surface area contributed by atoms with Gasteiger partial charge < -0.3 is 20.1 Å². The molecule has 134 valence electrons. The first kappa shape index (κ1) is 18.7. The third-order valence-electron chi connectivity index (χ3n) is 4.80. The molecule has 2 N–H and O–H groups in total. The fourth-order valence-electron chi connectivity index (χ4n) is 3.02. The molecule has 1 aromatic carbocycles. The van der Waals surface area contributed by atoms with Crippen molar-refractivity contribution in [2.75, 3.05) is 19.0 Å². The Hall–Kier alpha value is -1.59. The highest BCUT2D eigenvalue weighted by atomic mass is 16.5. The SMILES string of the molecule is CC1CCCC(OCc2cccc(NC(=O)N(C)C(C)CO)c2)C1. The second kappa shape index (κ2) is 9.04. The number of aliphatic hydroxyl groups is 1. The fraction of sp³-hybridized carbons (Fsp3) is 0.632. The molecule has 1 aliphatic rings. The number of likely N-dealkylation sites (N-methyl/N-ethyl adjacent to an activating group) is 1. The molecule has 0 saturated heterocycles. The Labute approximate surface area is 145 Å². The van der Waals surface area contributed by atoms with Crippen LogP contribution in [0.15, 0.2) is 24.3 Å². The predicted molar refractivity (Wildman–Crippen MR) is 96.0 cm³/mol. The number of nitrogens with one attached hydrogen (secondary N) is 1. The summed E-state index contributed by atoms with van der Waals surface area (Å²) in [6, 6.07) is 7.30. The van der Waals surface area contributed by atoms with Gasteiger partial charge in [-0.25, -0.2) is 4.79 Å². The monoisotopic (exact) mass is 334 g/mol. The summed E-state index contributed by atoms with van der Waals surface area (Å²) in [4.78, 5) is 13.6. The molecule has 1 saturated carbocycles. The quantitative estimate of drug-likeness (QED) is 0.835. The molecule has 0 radical (unpaired) electrons. The molecule has 0 bridgehead atoms. The highest BCUT2D eigenvalue weighted by Gasteiger charge is 2.19. The van der Waals surface area contributed by atoms with Crippen molar-refractivity contribution >= 4 is 11.7 Å². The summed E-state index contributed by atoms with van der Waals surface area (Å²) in [5.41, 5.74) is 1.80. The van der Waals surface area contributed by atoms with E-state index in [0.29, 0.717) is 12.7 Å². The van der Waals surface area contributed by atoms with Crippen LogP contribution in [0.25, 0.3) is 0 Å². The van der Waals surface area contributed by atoms with E-state index in [1.54, 1.807) is 14.0 Å². The number of carbonyl (C=O) groups is 1. The molecular weight excluding hydrogens is 304 g/mol. The molecule has 1 fully saturated rings. The number of urea groups is 1. The topological polar surface area (TPSA) is 61.8 Å². The van der Waals surface area contributed by atoms with Crippen LogP contribution in [0.2, 0.25) is 0 Å². The molecule has 3 unspecified atom stereocenters. The second-order valence-electron chi connectivity index (χ2n) is 6.98. The molecule has 1 aromatic rings. The number of nitrogens with zero attached hydrogens (tertiary/aromatic N) is 1. The maximum atomic E-state index is 12.1. The summed E-state index contributed by atoms with van der Waals surface area (Å²) in [7, 11) is 1.67. The van der Waals surface area contributed by atoms with Crippen molar-refractivity contribution in [2.45, 2.75) is 58.3 Å². The van der Waals surface area contributed by atoms with Gasteiger partial charge in [0.2, 0.25) is 0 Å². The minimum absolute atomic E-state index is 0.0579. The van der Waals surface area contributed by atoms with E-state index in [2.05, 4.69) is 12.2 Å². The molecule has 2 amide bonds. The normalized spacial score (nSPS) is 22.0. The van der Waals surface area contributed by atoms with Gasteiger partial charge in [-0.1, -0.05) is 31.9 Å². The molecule has 5 nitrogen and oxygen atoms in total. The summed E-state index contributed by atoms with van der Waals surface area (Å²) < 4.78 is 6.05. The van der Waals surface area contributed by atoms with E-state index >= 15 is 0 Å². The van der Waals surface area contributed by atoms with E-state index in [9.17, 15) is 4.79 Å².